The second kappa shape index (κ2) is 7.97. The Morgan fingerprint density at radius 2 is 1.84 bits per heavy atom. The summed E-state index contributed by atoms with van der Waals surface area (Å²) in [6.45, 7) is 0.230. The topological polar surface area (TPSA) is 83.4 Å². The van der Waals surface area contributed by atoms with Gasteiger partial charge in [0.05, 0.1) is 18.2 Å². The lowest BCUT2D eigenvalue weighted by Crippen LogP contribution is -2.38. The molecule has 0 spiro atoms. The van der Waals surface area contributed by atoms with E-state index in [4.69, 9.17) is 9.15 Å². The average Bonchev–Trinajstić information content (AvgIpc) is 3.47. The average molecular weight is 446 g/mol. The quantitative estimate of drug-likeness (QED) is 0.382. The monoisotopic (exact) mass is 446 g/mol. The fourth-order valence-electron chi connectivity index (χ4n) is 3.60. The summed E-state index contributed by atoms with van der Waals surface area (Å²) in [6, 6.07) is 18.2. The standard InChI is InChI=1S/C24H18N2O5S/c1-25-22-18(21(27)26(24(25)29)13-15-5-3-2-4-6-15)12-20(32-22)23(28)31-14-16-7-8-17-9-10-30-19(17)11-16/h2-12H,13-14H2,1H3. The molecule has 0 saturated heterocycles. The van der Waals surface area contributed by atoms with Crippen LogP contribution in [0.2, 0.25) is 0 Å². The molecule has 0 aliphatic carbocycles. The third-order valence-corrected chi connectivity index (χ3v) is 6.48. The molecule has 5 aromatic rings. The molecule has 2 aromatic carbocycles. The predicted octanol–water partition coefficient (Wildman–Crippen LogP) is 3.91. The third kappa shape index (κ3) is 3.54. The minimum atomic E-state index is -0.549. The molecule has 0 aliphatic rings. The van der Waals surface area contributed by atoms with Gasteiger partial charge in [-0.15, -0.1) is 11.3 Å². The van der Waals surface area contributed by atoms with E-state index in [0.29, 0.717) is 10.2 Å². The van der Waals surface area contributed by atoms with Gasteiger partial charge in [-0.25, -0.2) is 9.59 Å². The van der Waals surface area contributed by atoms with Crippen molar-refractivity contribution in [1.82, 2.24) is 9.13 Å². The van der Waals surface area contributed by atoms with Crippen molar-refractivity contribution >= 4 is 38.5 Å². The minimum Gasteiger partial charge on any atom is -0.464 e. The number of hydrogen-bond acceptors (Lipinski definition) is 6. The van der Waals surface area contributed by atoms with Crippen molar-refractivity contribution in [1.29, 1.82) is 0 Å². The fourth-order valence-corrected chi connectivity index (χ4v) is 4.60. The Morgan fingerprint density at radius 1 is 1.03 bits per heavy atom. The van der Waals surface area contributed by atoms with Crippen molar-refractivity contribution in [3.05, 3.63) is 104 Å². The van der Waals surface area contributed by atoms with E-state index in [1.165, 1.54) is 15.2 Å². The van der Waals surface area contributed by atoms with Gasteiger partial charge in [0.1, 0.15) is 21.9 Å². The van der Waals surface area contributed by atoms with E-state index in [1.54, 1.807) is 13.3 Å². The van der Waals surface area contributed by atoms with Crippen molar-refractivity contribution in [3.8, 4) is 0 Å². The fraction of sp³-hybridized carbons (Fsp3) is 0.125. The number of carbonyl (C=O) groups excluding carboxylic acids is 1. The van der Waals surface area contributed by atoms with Crippen LogP contribution in [0.25, 0.3) is 21.2 Å². The highest BCUT2D eigenvalue weighted by Gasteiger charge is 2.19. The number of aromatic nitrogens is 2. The molecule has 0 radical (unpaired) electrons. The summed E-state index contributed by atoms with van der Waals surface area (Å²) in [7, 11) is 1.59. The summed E-state index contributed by atoms with van der Waals surface area (Å²) in [5.41, 5.74) is 1.49. The molecular weight excluding hydrogens is 428 g/mol. The number of furan rings is 1. The van der Waals surface area contributed by atoms with Gasteiger partial charge in [-0.1, -0.05) is 42.5 Å². The molecule has 5 rings (SSSR count). The molecule has 3 aromatic heterocycles. The highest BCUT2D eigenvalue weighted by atomic mass is 32.1. The van der Waals surface area contributed by atoms with E-state index >= 15 is 0 Å². The molecule has 0 atom stereocenters. The number of ether oxygens (including phenoxy) is 1. The number of benzene rings is 2. The van der Waals surface area contributed by atoms with Gasteiger partial charge >= 0.3 is 11.7 Å². The van der Waals surface area contributed by atoms with Gasteiger partial charge in [0.2, 0.25) is 0 Å². The Balaban J connectivity index is 1.43. The predicted molar refractivity (Wildman–Crippen MR) is 122 cm³/mol. The Hall–Kier alpha value is -3.91. The second-order valence-corrected chi connectivity index (χ2v) is 8.45. The van der Waals surface area contributed by atoms with E-state index in [2.05, 4.69) is 0 Å². The molecule has 0 unspecified atom stereocenters. The Bertz CT molecular complexity index is 1570. The number of hydrogen-bond donors (Lipinski definition) is 0. The lowest BCUT2D eigenvalue weighted by atomic mass is 10.2. The van der Waals surface area contributed by atoms with Crippen LogP contribution in [0.15, 0.2) is 80.9 Å². The van der Waals surface area contributed by atoms with Crippen LogP contribution in [0, 0.1) is 0 Å². The number of thiophene rings is 1. The maximum Gasteiger partial charge on any atom is 0.348 e. The molecule has 0 aliphatic heterocycles. The van der Waals surface area contributed by atoms with Gasteiger partial charge in [0.25, 0.3) is 5.56 Å². The molecule has 0 saturated carbocycles. The van der Waals surface area contributed by atoms with Crippen molar-refractivity contribution in [3.63, 3.8) is 0 Å². The zero-order valence-electron chi connectivity index (χ0n) is 17.1. The maximum absolute atomic E-state index is 13.0. The largest absolute Gasteiger partial charge is 0.464 e. The number of carbonyl (C=O) groups is 1. The van der Waals surface area contributed by atoms with Crippen molar-refractivity contribution in [2.75, 3.05) is 0 Å². The molecule has 0 N–H and O–H groups in total. The Morgan fingerprint density at radius 3 is 2.66 bits per heavy atom. The number of nitrogens with zero attached hydrogens (tertiary/aromatic N) is 2. The zero-order valence-corrected chi connectivity index (χ0v) is 17.9. The molecule has 7 nitrogen and oxygen atoms in total. The summed E-state index contributed by atoms with van der Waals surface area (Å²) in [4.78, 5) is 39.2. The first-order valence-corrected chi connectivity index (χ1v) is 10.7. The second-order valence-electron chi connectivity index (χ2n) is 7.42. The van der Waals surface area contributed by atoms with Crippen molar-refractivity contribution < 1.29 is 13.9 Å². The van der Waals surface area contributed by atoms with Crippen molar-refractivity contribution in [2.24, 2.45) is 7.05 Å². The molecular formula is C24H18N2O5S. The molecule has 0 bridgehead atoms. The lowest BCUT2D eigenvalue weighted by Gasteiger charge is -2.08. The van der Waals surface area contributed by atoms with E-state index in [0.717, 1.165) is 33.4 Å². The van der Waals surface area contributed by atoms with E-state index < -0.39 is 17.2 Å². The SMILES string of the molecule is Cn1c(=O)n(Cc2ccccc2)c(=O)c2cc(C(=O)OCc3ccc4ccoc4c3)sc21. The number of fused-ring (bicyclic) bond motifs is 2. The van der Waals surface area contributed by atoms with Gasteiger partial charge in [0, 0.05) is 12.4 Å². The Kier molecular flexibility index (Phi) is 4.99. The minimum absolute atomic E-state index is 0.0703. The van der Waals surface area contributed by atoms with Crippen LogP contribution in [0.5, 0.6) is 0 Å². The normalized spacial score (nSPS) is 11.3. The van der Waals surface area contributed by atoms with Crippen LogP contribution < -0.4 is 11.2 Å². The molecule has 0 fully saturated rings. The first-order valence-electron chi connectivity index (χ1n) is 9.92. The molecule has 3 heterocycles. The molecule has 0 amide bonds. The van der Waals surface area contributed by atoms with Gasteiger partial charge < -0.3 is 9.15 Å². The molecule has 8 heteroatoms. The third-order valence-electron chi connectivity index (χ3n) is 5.29. The summed E-state index contributed by atoms with van der Waals surface area (Å²) >= 11 is 1.07. The van der Waals surface area contributed by atoms with E-state index in [-0.39, 0.29) is 18.0 Å². The first kappa shape index (κ1) is 20.0. The summed E-state index contributed by atoms with van der Waals surface area (Å²) < 4.78 is 13.4. The van der Waals surface area contributed by atoms with Crippen LogP contribution in [-0.2, 0) is 24.9 Å². The summed E-state index contributed by atoms with van der Waals surface area (Å²) in [5, 5.41) is 1.29. The van der Waals surface area contributed by atoms with Crippen molar-refractivity contribution in [2.45, 2.75) is 13.2 Å². The van der Waals surface area contributed by atoms with Crippen LogP contribution in [0.3, 0.4) is 0 Å². The van der Waals surface area contributed by atoms with E-state index in [9.17, 15) is 14.4 Å². The van der Waals surface area contributed by atoms with Crippen LogP contribution >= 0.6 is 11.3 Å². The van der Waals surface area contributed by atoms with Crippen LogP contribution in [-0.4, -0.2) is 15.1 Å². The van der Waals surface area contributed by atoms with Gasteiger partial charge in [-0.2, -0.15) is 0 Å². The smallest absolute Gasteiger partial charge is 0.348 e. The number of aryl methyl sites for hydroxylation is 1. The summed E-state index contributed by atoms with van der Waals surface area (Å²) in [5.74, 6) is -0.549. The van der Waals surface area contributed by atoms with Gasteiger partial charge in [0.15, 0.2) is 0 Å². The van der Waals surface area contributed by atoms with Gasteiger partial charge in [-0.3, -0.25) is 13.9 Å². The zero-order chi connectivity index (χ0) is 22.2. The maximum atomic E-state index is 13.0. The highest BCUT2D eigenvalue weighted by Crippen LogP contribution is 2.23. The molecule has 32 heavy (non-hydrogen) atoms. The summed E-state index contributed by atoms with van der Waals surface area (Å²) in [6.07, 6.45) is 1.60. The van der Waals surface area contributed by atoms with E-state index in [1.807, 2.05) is 54.6 Å². The van der Waals surface area contributed by atoms with Crippen LogP contribution in [0.4, 0.5) is 0 Å². The highest BCUT2D eigenvalue weighted by molar-refractivity contribution is 7.20. The number of esters is 1. The number of rotatable bonds is 5. The lowest BCUT2D eigenvalue weighted by molar-refractivity contribution is 0.0478. The van der Waals surface area contributed by atoms with Crippen LogP contribution in [0.1, 0.15) is 20.8 Å². The molecule has 160 valence electrons. The Labute approximate surface area is 185 Å². The first-order chi connectivity index (χ1) is 15.5. The van der Waals surface area contributed by atoms with Gasteiger partial charge in [-0.05, 0) is 29.3 Å².